The molecule has 0 aliphatic carbocycles. The SMILES string of the molecule is O=C(COc1ccc(N2C[C@@H](C(=O)NCCc3ccccc3)CC2=O)cc1)Nc1ccc(Cl)cc1. The second-order valence-corrected chi connectivity index (χ2v) is 8.71. The van der Waals surface area contributed by atoms with E-state index in [2.05, 4.69) is 10.6 Å². The summed E-state index contributed by atoms with van der Waals surface area (Å²) in [6.07, 6.45) is 0.927. The van der Waals surface area contributed by atoms with Crippen molar-refractivity contribution in [2.45, 2.75) is 12.8 Å². The van der Waals surface area contributed by atoms with Crippen LogP contribution in [0.25, 0.3) is 0 Å². The van der Waals surface area contributed by atoms with Gasteiger partial charge in [-0.15, -0.1) is 0 Å². The molecule has 0 unspecified atom stereocenters. The Labute approximate surface area is 209 Å². The molecule has 0 spiro atoms. The fourth-order valence-corrected chi connectivity index (χ4v) is 3.98. The number of ether oxygens (including phenoxy) is 1. The summed E-state index contributed by atoms with van der Waals surface area (Å²) in [6, 6.07) is 23.6. The third-order valence-electron chi connectivity index (χ3n) is 5.70. The van der Waals surface area contributed by atoms with Crippen LogP contribution in [0.3, 0.4) is 0 Å². The molecule has 0 saturated carbocycles. The van der Waals surface area contributed by atoms with Gasteiger partial charge in [0.25, 0.3) is 5.91 Å². The fraction of sp³-hybridized carbons (Fsp3) is 0.222. The first-order valence-corrected chi connectivity index (χ1v) is 11.8. The summed E-state index contributed by atoms with van der Waals surface area (Å²) in [7, 11) is 0. The Bertz CT molecular complexity index is 1170. The third-order valence-corrected chi connectivity index (χ3v) is 5.95. The maximum Gasteiger partial charge on any atom is 0.262 e. The number of nitrogens with zero attached hydrogens (tertiary/aromatic N) is 1. The van der Waals surface area contributed by atoms with Gasteiger partial charge in [0.2, 0.25) is 11.8 Å². The number of hydrogen-bond donors (Lipinski definition) is 2. The highest BCUT2D eigenvalue weighted by atomic mass is 35.5. The quantitative estimate of drug-likeness (QED) is 0.472. The minimum Gasteiger partial charge on any atom is -0.484 e. The van der Waals surface area contributed by atoms with Gasteiger partial charge in [-0.05, 0) is 60.5 Å². The molecule has 180 valence electrons. The second kappa shape index (κ2) is 11.5. The summed E-state index contributed by atoms with van der Waals surface area (Å²) >= 11 is 5.84. The summed E-state index contributed by atoms with van der Waals surface area (Å²) in [5, 5.41) is 6.26. The molecule has 0 aromatic heterocycles. The van der Waals surface area contributed by atoms with Crippen LogP contribution in [-0.2, 0) is 20.8 Å². The van der Waals surface area contributed by atoms with Gasteiger partial charge in [-0.2, -0.15) is 0 Å². The standard InChI is InChI=1S/C27H26ClN3O4/c28-21-6-8-22(9-7-21)30-25(32)18-35-24-12-10-23(11-13-24)31-17-20(16-26(31)33)27(34)29-15-14-19-4-2-1-3-5-19/h1-13,20H,14-18H2,(H,29,34)(H,30,32)/t20-/m0/s1. The first-order chi connectivity index (χ1) is 17.0. The van der Waals surface area contributed by atoms with Crippen LogP contribution < -0.4 is 20.3 Å². The number of carbonyl (C=O) groups excluding carboxylic acids is 3. The van der Waals surface area contributed by atoms with Gasteiger partial charge in [-0.3, -0.25) is 14.4 Å². The Kier molecular flexibility index (Phi) is 8.00. The van der Waals surface area contributed by atoms with Gasteiger partial charge < -0.3 is 20.3 Å². The van der Waals surface area contributed by atoms with Crippen LogP contribution in [0.1, 0.15) is 12.0 Å². The van der Waals surface area contributed by atoms with Crippen molar-refractivity contribution < 1.29 is 19.1 Å². The highest BCUT2D eigenvalue weighted by molar-refractivity contribution is 6.30. The van der Waals surface area contributed by atoms with Crippen LogP contribution in [0.2, 0.25) is 5.02 Å². The van der Waals surface area contributed by atoms with Crippen molar-refractivity contribution in [3.05, 3.63) is 89.4 Å². The van der Waals surface area contributed by atoms with Gasteiger partial charge >= 0.3 is 0 Å². The van der Waals surface area contributed by atoms with Crippen molar-refractivity contribution >= 4 is 40.7 Å². The van der Waals surface area contributed by atoms with Gasteiger partial charge in [-0.25, -0.2) is 0 Å². The van der Waals surface area contributed by atoms with E-state index in [0.29, 0.717) is 35.2 Å². The third kappa shape index (κ3) is 6.83. The summed E-state index contributed by atoms with van der Waals surface area (Å²) in [5.74, 6) is -0.382. The monoisotopic (exact) mass is 491 g/mol. The van der Waals surface area contributed by atoms with Crippen molar-refractivity contribution in [3.8, 4) is 5.75 Å². The normalized spacial score (nSPS) is 15.1. The van der Waals surface area contributed by atoms with E-state index in [1.165, 1.54) is 0 Å². The molecule has 1 fully saturated rings. The van der Waals surface area contributed by atoms with Crippen LogP contribution in [0.4, 0.5) is 11.4 Å². The highest BCUT2D eigenvalue weighted by Gasteiger charge is 2.34. The summed E-state index contributed by atoms with van der Waals surface area (Å²) in [5.41, 5.74) is 2.47. The molecule has 4 rings (SSSR count). The van der Waals surface area contributed by atoms with E-state index < -0.39 is 0 Å². The number of halogens is 1. The molecule has 3 aromatic carbocycles. The summed E-state index contributed by atoms with van der Waals surface area (Å²) in [4.78, 5) is 38.8. The van der Waals surface area contributed by atoms with Crippen molar-refractivity contribution in [3.63, 3.8) is 0 Å². The molecule has 1 heterocycles. The Morgan fingerprint density at radius 2 is 1.69 bits per heavy atom. The largest absolute Gasteiger partial charge is 0.484 e. The molecule has 0 bridgehead atoms. The molecule has 8 heteroatoms. The van der Waals surface area contributed by atoms with Gasteiger partial charge in [0, 0.05) is 35.9 Å². The van der Waals surface area contributed by atoms with Gasteiger partial charge in [0.05, 0.1) is 5.92 Å². The van der Waals surface area contributed by atoms with E-state index >= 15 is 0 Å². The van der Waals surface area contributed by atoms with Crippen LogP contribution in [0, 0.1) is 5.92 Å². The van der Waals surface area contributed by atoms with Crippen molar-refractivity contribution in [1.82, 2.24) is 5.32 Å². The fourth-order valence-electron chi connectivity index (χ4n) is 3.85. The number of anilines is 2. The first kappa shape index (κ1) is 24.3. The van der Waals surface area contributed by atoms with Crippen LogP contribution in [-0.4, -0.2) is 37.4 Å². The number of amides is 3. The average Bonchev–Trinajstić information content (AvgIpc) is 3.27. The van der Waals surface area contributed by atoms with Crippen LogP contribution in [0.15, 0.2) is 78.9 Å². The molecule has 1 aliphatic rings. The Balaban J connectivity index is 1.23. The van der Waals surface area contributed by atoms with E-state index in [9.17, 15) is 14.4 Å². The van der Waals surface area contributed by atoms with Gasteiger partial charge in [0.1, 0.15) is 5.75 Å². The lowest BCUT2D eigenvalue weighted by atomic mass is 10.1. The minimum atomic E-state index is -0.384. The Morgan fingerprint density at radius 3 is 2.40 bits per heavy atom. The van der Waals surface area contributed by atoms with Crippen LogP contribution >= 0.6 is 11.6 Å². The molecular formula is C27H26ClN3O4. The molecule has 35 heavy (non-hydrogen) atoms. The molecule has 1 saturated heterocycles. The molecule has 7 nitrogen and oxygen atoms in total. The molecule has 3 amide bonds. The summed E-state index contributed by atoms with van der Waals surface area (Å²) in [6.45, 7) is 0.709. The molecule has 1 aliphatic heterocycles. The molecule has 3 aromatic rings. The second-order valence-electron chi connectivity index (χ2n) is 8.27. The Hall–Kier alpha value is -3.84. The zero-order valence-corrected chi connectivity index (χ0v) is 19.8. The van der Waals surface area contributed by atoms with Crippen LogP contribution in [0.5, 0.6) is 5.75 Å². The zero-order chi connectivity index (χ0) is 24.6. The lowest BCUT2D eigenvalue weighted by Crippen LogP contribution is -2.34. The molecular weight excluding hydrogens is 466 g/mol. The first-order valence-electron chi connectivity index (χ1n) is 11.4. The number of carbonyl (C=O) groups is 3. The lowest BCUT2D eigenvalue weighted by Gasteiger charge is -2.17. The summed E-state index contributed by atoms with van der Waals surface area (Å²) < 4.78 is 5.54. The predicted molar refractivity (Wildman–Crippen MR) is 136 cm³/mol. The Morgan fingerprint density at radius 1 is 0.971 bits per heavy atom. The number of hydrogen-bond acceptors (Lipinski definition) is 4. The minimum absolute atomic E-state index is 0.0933. The van der Waals surface area contributed by atoms with Crippen molar-refractivity contribution in [2.24, 2.45) is 5.92 Å². The van der Waals surface area contributed by atoms with E-state index in [1.54, 1.807) is 53.4 Å². The van der Waals surface area contributed by atoms with E-state index in [0.717, 1.165) is 12.0 Å². The molecule has 2 N–H and O–H groups in total. The lowest BCUT2D eigenvalue weighted by molar-refractivity contribution is -0.126. The molecule has 0 radical (unpaired) electrons. The number of nitrogens with one attached hydrogen (secondary N) is 2. The van der Waals surface area contributed by atoms with Crippen molar-refractivity contribution in [1.29, 1.82) is 0 Å². The van der Waals surface area contributed by atoms with Crippen molar-refractivity contribution in [2.75, 3.05) is 29.9 Å². The van der Waals surface area contributed by atoms with E-state index in [1.807, 2.05) is 30.3 Å². The maximum absolute atomic E-state index is 12.6. The highest BCUT2D eigenvalue weighted by Crippen LogP contribution is 2.27. The number of benzene rings is 3. The maximum atomic E-state index is 12.6. The van der Waals surface area contributed by atoms with E-state index in [-0.39, 0.29) is 36.7 Å². The predicted octanol–water partition coefficient (Wildman–Crippen LogP) is 4.07. The smallest absolute Gasteiger partial charge is 0.262 e. The van der Waals surface area contributed by atoms with Gasteiger partial charge in [0.15, 0.2) is 6.61 Å². The number of rotatable bonds is 9. The van der Waals surface area contributed by atoms with Gasteiger partial charge in [-0.1, -0.05) is 41.9 Å². The zero-order valence-electron chi connectivity index (χ0n) is 19.1. The molecule has 1 atom stereocenters. The topological polar surface area (TPSA) is 87.7 Å². The van der Waals surface area contributed by atoms with E-state index in [4.69, 9.17) is 16.3 Å². The average molecular weight is 492 g/mol.